The zero-order valence-electron chi connectivity index (χ0n) is 28.7. The monoisotopic (exact) mass is 670 g/mol. The van der Waals surface area contributed by atoms with Crippen LogP contribution in [-0.2, 0) is 28.2 Å². The second-order valence-corrected chi connectivity index (χ2v) is 13.4. The van der Waals surface area contributed by atoms with Gasteiger partial charge in [-0.15, -0.1) is 0 Å². The lowest BCUT2D eigenvalue weighted by Gasteiger charge is -2.18. The Morgan fingerprint density at radius 3 is 1.83 bits per heavy atom. The summed E-state index contributed by atoms with van der Waals surface area (Å²) in [4.78, 5) is 42.5. The zero-order valence-corrected chi connectivity index (χ0v) is 29.6. The van der Waals surface area contributed by atoms with Crippen LogP contribution < -0.4 is 0 Å². The molecule has 9 nitrogen and oxygen atoms in total. The van der Waals surface area contributed by atoms with Gasteiger partial charge in [-0.25, -0.2) is 4.57 Å². The van der Waals surface area contributed by atoms with Gasteiger partial charge in [-0.05, 0) is 57.3 Å². The third-order valence-corrected chi connectivity index (χ3v) is 7.57. The minimum atomic E-state index is -4.77. The summed E-state index contributed by atoms with van der Waals surface area (Å²) in [7, 11) is -4.77. The topological polar surface area (TPSA) is 140 Å². The number of hydrogen-bond donors (Lipinski definition) is 3. The molecule has 266 valence electrons. The van der Waals surface area contributed by atoms with Gasteiger partial charge in [-0.3, -0.25) is 14.1 Å². The van der Waals surface area contributed by atoms with Gasteiger partial charge in [0.25, 0.3) is 0 Å². The van der Waals surface area contributed by atoms with Crippen molar-refractivity contribution in [3.8, 4) is 0 Å². The molecule has 0 rings (SSSR count). The Morgan fingerprint density at radius 2 is 1.24 bits per heavy atom. The summed E-state index contributed by atoms with van der Waals surface area (Å²) in [5.74, 6) is -0.237. The first-order chi connectivity index (χ1) is 22.0. The first-order valence-electron chi connectivity index (χ1n) is 17.4. The quantitative estimate of drug-likeness (QED) is 0.0296. The van der Waals surface area contributed by atoms with Gasteiger partial charge in [0.2, 0.25) is 0 Å². The van der Waals surface area contributed by atoms with Gasteiger partial charge in [0.15, 0.2) is 6.10 Å². The van der Waals surface area contributed by atoms with Crippen molar-refractivity contribution in [1.82, 2.24) is 0 Å². The molecular weight excluding hydrogens is 607 g/mol. The Hall–Kier alpha value is -2.03. The van der Waals surface area contributed by atoms with Crippen LogP contribution in [0.4, 0.5) is 0 Å². The summed E-state index contributed by atoms with van der Waals surface area (Å²) in [6.45, 7) is 5.65. The Kier molecular flexibility index (Phi) is 29.0. The van der Waals surface area contributed by atoms with Crippen molar-refractivity contribution in [2.75, 3.05) is 13.2 Å². The summed E-state index contributed by atoms with van der Waals surface area (Å²) >= 11 is 0. The molecule has 10 heteroatoms. The molecule has 1 unspecified atom stereocenters. The number of rotatable bonds is 30. The lowest BCUT2D eigenvalue weighted by atomic mass is 10.0. The molecule has 0 spiro atoms. The Bertz CT molecular complexity index is 920. The molecule has 0 bridgehead atoms. The standard InChI is InChI=1S/C36H63O9P/c1-4-25-33(37)27-22-18-14-10-8-6-5-7-9-11-15-19-23-28-35(38)43-30-34(31-44-46(40,41)42)45-36(39)29-24-20-16-12-13-17-21-26-32(2)3/h5,7-8,10-11,15,18,22,32-34,37H,4,6,9,12-14,16-17,19-21,23-31H2,1-3H3,(H2,40,41,42)/b7-5-,10-8-,15-11-,22-18-/t33?,34-/m1/s1. The van der Waals surface area contributed by atoms with Gasteiger partial charge >= 0.3 is 19.8 Å². The van der Waals surface area contributed by atoms with Crippen LogP contribution in [0.5, 0.6) is 0 Å². The predicted octanol–water partition coefficient (Wildman–Crippen LogP) is 8.83. The summed E-state index contributed by atoms with van der Waals surface area (Å²) in [5, 5.41) is 9.68. The molecule has 0 aromatic rings. The maximum absolute atomic E-state index is 12.3. The summed E-state index contributed by atoms with van der Waals surface area (Å²) in [6, 6.07) is 0. The second-order valence-electron chi connectivity index (χ2n) is 12.2. The highest BCUT2D eigenvalue weighted by Gasteiger charge is 2.22. The highest BCUT2D eigenvalue weighted by atomic mass is 31.2. The molecule has 0 heterocycles. The Balaban J connectivity index is 4.13. The first kappa shape index (κ1) is 44.0. The van der Waals surface area contributed by atoms with E-state index in [9.17, 15) is 19.3 Å². The van der Waals surface area contributed by atoms with Crippen LogP contribution in [0.15, 0.2) is 48.6 Å². The smallest absolute Gasteiger partial charge is 0.462 e. The van der Waals surface area contributed by atoms with E-state index >= 15 is 0 Å². The molecule has 3 N–H and O–H groups in total. The fraction of sp³-hybridized carbons (Fsp3) is 0.722. The third kappa shape index (κ3) is 33.3. The minimum Gasteiger partial charge on any atom is -0.462 e. The van der Waals surface area contributed by atoms with Gasteiger partial charge in [-0.2, -0.15) is 0 Å². The number of phosphoric ester groups is 1. The molecule has 0 radical (unpaired) electrons. The lowest BCUT2D eigenvalue weighted by Crippen LogP contribution is -2.29. The van der Waals surface area contributed by atoms with Crippen molar-refractivity contribution in [2.45, 2.75) is 149 Å². The molecule has 0 saturated heterocycles. The molecule has 2 atom stereocenters. The lowest BCUT2D eigenvalue weighted by molar-refractivity contribution is -0.161. The van der Waals surface area contributed by atoms with E-state index in [1.54, 1.807) is 0 Å². The number of hydrogen-bond acceptors (Lipinski definition) is 7. The van der Waals surface area contributed by atoms with Crippen molar-refractivity contribution in [2.24, 2.45) is 5.92 Å². The number of aliphatic hydroxyl groups is 1. The minimum absolute atomic E-state index is 0.175. The van der Waals surface area contributed by atoms with Gasteiger partial charge in [0.05, 0.1) is 12.7 Å². The van der Waals surface area contributed by atoms with Crippen molar-refractivity contribution in [3.63, 3.8) is 0 Å². The van der Waals surface area contributed by atoms with Gasteiger partial charge in [-0.1, -0.05) is 121 Å². The fourth-order valence-electron chi connectivity index (χ4n) is 4.50. The van der Waals surface area contributed by atoms with Crippen LogP contribution in [0.2, 0.25) is 0 Å². The molecule has 0 aliphatic rings. The van der Waals surface area contributed by atoms with Crippen LogP contribution in [-0.4, -0.2) is 52.3 Å². The van der Waals surface area contributed by atoms with E-state index < -0.39 is 32.5 Å². The molecule has 0 fully saturated rings. The number of carbonyl (C=O) groups is 2. The van der Waals surface area contributed by atoms with Crippen LogP contribution in [0.25, 0.3) is 0 Å². The molecule has 0 aliphatic heterocycles. The van der Waals surface area contributed by atoms with Crippen LogP contribution in [0.3, 0.4) is 0 Å². The second kappa shape index (κ2) is 30.3. The van der Waals surface area contributed by atoms with E-state index in [1.807, 2.05) is 18.2 Å². The van der Waals surface area contributed by atoms with Crippen LogP contribution in [0.1, 0.15) is 136 Å². The molecule has 0 saturated carbocycles. The summed E-state index contributed by atoms with van der Waals surface area (Å²) in [6.07, 6.45) is 30.7. The van der Waals surface area contributed by atoms with E-state index in [0.717, 1.165) is 57.3 Å². The predicted molar refractivity (Wildman–Crippen MR) is 185 cm³/mol. The highest BCUT2D eigenvalue weighted by Crippen LogP contribution is 2.35. The number of carbonyl (C=O) groups excluding carboxylic acids is 2. The SMILES string of the molecule is CCCC(O)C/C=C\C/C=C\C/C=C\C/C=C\CCCC(=O)OC[C@H](COP(=O)(O)O)OC(=O)CCCCCCCCCC(C)C. The number of unbranched alkanes of at least 4 members (excludes halogenated alkanes) is 7. The average Bonchev–Trinajstić information content (AvgIpc) is 2.99. The van der Waals surface area contributed by atoms with E-state index in [-0.39, 0.29) is 25.6 Å². The van der Waals surface area contributed by atoms with Gasteiger partial charge in [0.1, 0.15) is 6.61 Å². The van der Waals surface area contributed by atoms with Crippen molar-refractivity contribution >= 4 is 19.8 Å². The maximum atomic E-state index is 12.3. The largest absolute Gasteiger partial charge is 0.469 e. The maximum Gasteiger partial charge on any atom is 0.469 e. The summed E-state index contributed by atoms with van der Waals surface area (Å²) < 4.78 is 26.1. The van der Waals surface area contributed by atoms with Crippen LogP contribution in [0, 0.1) is 5.92 Å². The number of esters is 2. The van der Waals surface area contributed by atoms with E-state index in [0.29, 0.717) is 25.7 Å². The fourth-order valence-corrected chi connectivity index (χ4v) is 4.87. The Labute approximate surface area is 278 Å². The van der Waals surface area contributed by atoms with Gasteiger partial charge < -0.3 is 24.4 Å². The van der Waals surface area contributed by atoms with E-state index in [4.69, 9.17) is 19.3 Å². The first-order valence-corrected chi connectivity index (χ1v) is 18.9. The van der Waals surface area contributed by atoms with Crippen molar-refractivity contribution in [3.05, 3.63) is 48.6 Å². The van der Waals surface area contributed by atoms with Crippen molar-refractivity contribution in [1.29, 1.82) is 0 Å². The molecule has 0 aromatic carbocycles. The van der Waals surface area contributed by atoms with E-state index in [2.05, 4.69) is 55.7 Å². The van der Waals surface area contributed by atoms with Crippen LogP contribution >= 0.6 is 7.82 Å². The number of phosphoric acid groups is 1. The zero-order chi connectivity index (χ0) is 34.3. The normalized spacial score (nSPS) is 13.9. The molecule has 0 amide bonds. The summed E-state index contributed by atoms with van der Waals surface area (Å²) in [5.41, 5.74) is 0. The number of ether oxygens (including phenoxy) is 2. The third-order valence-electron chi connectivity index (χ3n) is 7.08. The molecule has 46 heavy (non-hydrogen) atoms. The highest BCUT2D eigenvalue weighted by molar-refractivity contribution is 7.46. The van der Waals surface area contributed by atoms with Crippen molar-refractivity contribution < 1.29 is 43.0 Å². The molecular formula is C36H63O9P. The Morgan fingerprint density at radius 1 is 0.696 bits per heavy atom. The molecule has 0 aromatic heterocycles. The average molecular weight is 671 g/mol. The number of allylic oxidation sites excluding steroid dienone is 7. The van der Waals surface area contributed by atoms with E-state index in [1.165, 1.54) is 25.7 Å². The van der Waals surface area contributed by atoms with Gasteiger partial charge in [0, 0.05) is 12.8 Å². The molecule has 0 aliphatic carbocycles. The number of aliphatic hydroxyl groups excluding tert-OH is 1.